The Morgan fingerprint density at radius 1 is 1.14 bits per heavy atom. The van der Waals surface area contributed by atoms with Gasteiger partial charge in [0.1, 0.15) is 5.82 Å². The lowest BCUT2D eigenvalue weighted by Gasteiger charge is -2.47. The maximum Gasteiger partial charge on any atom is 0.349 e. The minimum atomic E-state index is -2.49. The molecule has 4 rings (SSSR count). The monoisotopic (exact) mass is 605 g/mol. The van der Waals surface area contributed by atoms with Gasteiger partial charge in [-0.3, -0.25) is 4.79 Å². The Labute approximate surface area is 254 Å². The number of anilines is 3. The third-order valence-electron chi connectivity index (χ3n) is 7.15. The van der Waals surface area contributed by atoms with Crippen LogP contribution < -0.4 is 16.4 Å². The van der Waals surface area contributed by atoms with Gasteiger partial charge >= 0.3 is 5.97 Å². The van der Waals surface area contributed by atoms with Crippen molar-refractivity contribution in [1.82, 2.24) is 9.97 Å². The van der Waals surface area contributed by atoms with E-state index in [1.165, 1.54) is 13.3 Å². The maximum absolute atomic E-state index is 14.4. The van der Waals surface area contributed by atoms with Gasteiger partial charge in [0.25, 0.3) is 5.60 Å². The van der Waals surface area contributed by atoms with E-state index in [4.69, 9.17) is 30.4 Å². The minimum Gasteiger partial charge on any atom is -0.479 e. The van der Waals surface area contributed by atoms with E-state index in [9.17, 15) is 19.8 Å². The molecule has 44 heavy (non-hydrogen) atoms. The Morgan fingerprint density at radius 3 is 2.50 bits per heavy atom. The lowest BCUT2D eigenvalue weighted by molar-refractivity contribution is -0.175. The number of carboxylic acid groups (broad SMARTS) is 1. The zero-order valence-electron chi connectivity index (χ0n) is 24.6. The van der Waals surface area contributed by atoms with E-state index in [1.54, 1.807) is 24.0 Å². The van der Waals surface area contributed by atoms with Crippen molar-refractivity contribution in [2.45, 2.75) is 31.5 Å². The summed E-state index contributed by atoms with van der Waals surface area (Å²) < 4.78 is 22.6. The third kappa shape index (κ3) is 6.35. The van der Waals surface area contributed by atoms with E-state index < -0.39 is 29.9 Å². The van der Waals surface area contributed by atoms with Crippen molar-refractivity contribution in [3.8, 4) is 11.8 Å². The molecule has 0 radical (unpaired) electrons. The fourth-order valence-electron chi connectivity index (χ4n) is 5.15. The van der Waals surface area contributed by atoms with Crippen LogP contribution in [0.15, 0.2) is 48.7 Å². The first kappa shape index (κ1) is 32.3. The first-order chi connectivity index (χ1) is 21.2. The van der Waals surface area contributed by atoms with Gasteiger partial charge in [-0.15, -0.1) is 0 Å². The van der Waals surface area contributed by atoms with Crippen LogP contribution in [0.2, 0.25) is 0 Å². The van der Waals surface area contributed by atoms with Gasteiger partial charge in [0.2, 0.25) is 11.7 Å². The second-order valence-corrected chi connectivity index (χ2v) is 9.71. The average molecular weight is 606 g/mol. The van der Waals surface area contributed by atoms with E-state index >= 15 is 0 Å². The second-order valence-electron chi connectivity index (χ2n) is 9.71. The molecule has 1 aliphatic heterocycles. The quantitative estimate of drug-likeness (QED) is 0.132. The van der Waals surface area contributed by atoms with Gasteiger partial charge in [-0.1, -0.05) is 30.0 Å². The van der Waals surface area contributed by atoms with Crippen LogP contribution in [0.5, 0.6) is 0 Å². The first-order valence-electron chi connectivity index (χ1n) is 13.8. The zero-order valence-corrected chi connectivity index (χ0v) is 24.6. The molecular formula is C31H35N5O8. The number of aliphatic hydroxyl groups excluding tert-OH is 1. The number of nitrogen functional groups attached to an aromatic ring is 2. The molecule has 3 atom stereocenters. The summed E-state index contributed by atoms with van der Waals surface area (Å²) in [5, 5.41) is 19.9. The number of carbonyl (C=O) groups excluding carboxylic acids is 1. The topological polar surface area (TPSA) is 193 Å². The summed E-state index contributed by atoms with van der Waals surface area (Å²) in [4.78, 5) is 37.1. The number of nitrogens with two attached hydrogens (primary N) is 2. The summed E-state index contributed by atoms with van der Waals surface area (Å²) in [7, 11) is 2.41. The average Bonchev–Trinajstić information content (AvgIpc) is 3.01. The van der Waals surface area contributed by atoms with E-state index in [0.29, 0.717) is 22.4 Å². The lowest BCUT2D eigenvalue weighted by Crippen LogP contribution is -2.68. The van der Waals surface area contributed by atoms with Crippen molar-refractivity contribution < 1.29 is 38.7 Å². The van der Waals surface area contributed by atoms with Crippen molar-refractivity contribution >= 4 is 29.2 Å². The number of aromatic nitrogens is 2. The number of ether oxygens (including phenoxy) is 4. The molecule has 13 heteroatoms. The summed E-state index contributed by atoms with van der Waals surface area (Å²) in [6.07, 6.45) is -0.884. The number of hydrogen-bond donors (Lipinski definition) is 4. The summed E-state index contributed by atoms with van der Waals surface area (Å²) in [6, 6.07) is 12.7. The van der Waals surface area contributed by atoms with Crippen molar-refractivity contribution in [3.05, 3.63) is 76.5 Å². The standard InChI is InChI=1S/C31H35N5O8/c1-4-43-24(44-15-14-37)18-36-23-13-12-20(11-10-19-8-6-5-7-9-19)22(16-21-17-34-30(33)35-27(21)32)25(23)26(38)31(42-3,29(39)40)28(36)41-2/h5-9,12-13,17,24,28,37H,4,14-16,18H2,1-3H3,(H,39,40)(H4,32,33,34,35). The van der Waals surface area contributed by atoms with Gasteiger partial charge in [-0.05, 0) is 36.8 Å². The highest BCUT2D eigenvalue weighted by atomic mass is 16.7. The van der Waals surface area contributed by atoms with E-state index in [0.717, 1.165) is 12.7 Å². The van der Waals surface area contributed by atoms with Crippen molar-refractivity contribution in [2.24, 2.45) is 0 Å². The number of aliphatic hydroxyl groups is 1. The van der Waals surface area contributed by atoms with Crippen molar-refractivity contribution in [1.29, 1.82) is 0 Å². The number of aliphatic carboxylic acids is 1. The molecule has 2 aromatic carbocycles. The van der Waals surface area contributed by atoms with Gasteiger partial charge in [0.15, 0.2) is 12.5 Å². The molecule has 13 nitrogen and oxygen atoms in total. The number of fused-ring (bicyclic) bond motifs is 1. The number of methoxy groups -OCH3 is 2. The molecule has 0 fully saturated rings. The normalized spacial score (nSPS) is 18.3. The number of carboxylic acids is 1. The third-order valence-corrected chi connectivity index (χ3v) is 7.15. The van der Waals surface area contributed by atoms with Gasteiger partial charge in [0.05, 0.1) is 25.4 Å². The number of hydrogen-bond acceptors (Lipinski definition) is 12. The van der Waals surface area contributed by atoms with Gasteiger partial charge < -0.3 is 45.5 Å². The predicted molar refractivity (Wildman–Crippen MR) is 161 cm³/mol. The molecule has 0 amide bonds. The van der Waals surface area contributed by atoms with Crippen LogP contribution in [0.25, 0.3) is 0 Å². The molecule has 0 aliphatic carbocycles. The van der Waals surface area contributed by atoms with Crippen LogP contribution >= 0.6 is 0 Å². The fourth-order valence-corrected chi connectivity index (χ4v) is 5.15. The number of ketones is 1. The van der Waals surface area contributed by atoms with Crippen LogP contribution in [0.1, 0.15) is 39.5 Å². The van der Waals surface area contributed by atoms with Crippen molar-refractivity contribution in [2.75, 3.05) is 57.0 Å². The summed E-state index contributed by atoms with van der Waals surface area (Å²) in [5.41, 5.74) is 11.8. The molecule has 3 aromatic rings. The van der Waals surface area contributed by atoms with Crippen LogP contribution in [0.3, 0.4) is 0 Å². The van der Waals surface area contributed by atoms with Gasteiger partial charge in [-0.25, -0.2) is 9.78 Å². The molecule has 6 N–H and O–H groups in total. The molecule has 0 saturated carbocycles. The Hall–Kier alpha value is -4.58. The number of Topliss-reactive ketones (excluding diaryl/α,β-unsaturated/α-hetero) is 1. The Kier molecular flexibility index (Phi) is 10.5. The van der Waals surface area contributed by atoms with Crippen LogP contribution in [-0.2, 0) is 30.2 Å². The predicted octanol–water partition coefficient (Wildman–Crippen LogP) is 1.45. The Morgan fingerprint density at radius 2 is 1.89 bits per heavy atom. The van der Waals surface area contributed by atoms with E-state index in [2.05, 4.69) is 21.8 Å². The molecule has 232 valence electrons. The number of nitrogens with zero attached hydrogens (tertiary/aromatic N) is 3. The summed E-state index contributed by atoms with van der Waals surface area (Å²) in [5.74, 6) is 3.90. The smallest absolute Gasteiger partial charge is 0.349 e. The molecule has 1 aromatic heterocycles. The highest BCUT2D eigenvalue weighted by Crippen LogP contribution is 2.42. The van der Waals surface area contributed by atoms with E-state index in [1.807, 2.05) is 30.3 Å². The highest BCUT2D eigenvalue weighted by molar-refractivity contribution is 6.21. The first-order valence-corrected chi connectivity index (χ1v) is 13.8. The maximum atomic E-state index is 14.4. The zero-order chi connectivity index (χ0) is 31.9. The molecule has 3 unspecified atom stereocenters. The molecule has 2 heterocycles. The Bertz CT molecular complexity index is 1560. The number of benzene rings is 2. The molecule has 0 saturated heterocycles. The fraction of sp³-hybridized carbons (Fsp3) is 0.355. The Balaban J connectivity index is 2.00. The summed E-state index contributed by atoms with van der Waals surface area (Å²) in [6.45, 7) is 1.65. The van der Waals surface area contributed by atoms with Gasteiger partial charge in [-0.2, -0.15) is 4.98 Å². The highest BCUT2D eigenvalue weighted by Gasteiger charge is 2.61. The molecule has 0 spiro atoms. The van der Waals surface area contributed by atoms with E-state index in [-0.39, 0.29) is 50.1 Å². The largest absolute Gasteiger partial charge is 0.479 e. The second kappa shape index (κ2) is 14.3. The van der Waals surface area contributed by atoms with Gasteiger partial charge in [0, 0.05) is 55.7 Å². The SMILES string of the molecule is CCOC(CN1c2ccc(C#Cc3ccccc3)c(Cc3cnc(N)nc3N)c2C(=O)C(OC)(C(=O)O)C1OC)OCCO. The van der Waals surface area contributed by atoms with Crippen LogP contribution in [-0.4, -0.2) is 90.6 Å². The van der Waals surface area contributed by atoms with Crippen LogP contribution in [0, 0.1) is 11.8 Å². The minimum absolute atomic E-state index is 0.0145. The lowest BCUT2D eigenvalue weighted by atomic mass is 9.80. The van der Waals surface area contributed by atoms with Crippen LogP contribution in [0.4, 0.5) is 17.5 Å². The van der Waals surface area contributed by atoms with Crippen molar-refractivity contribution in [3.63, 3.8) is 0 Å². The summed E-state index contributed by atoms with van der Waals surface area (Å²) >= 11 is 0. The number of carbonyl (C=O) groups is 2. The molecular weight excluding hydrogens is 570 g/mol. The molecule has 1 aliphatic rings. The molecule has 0 bridgehead atoms. The number of rotatable bonds is 12.